The predicted octanol–water partition coefficient (Wildman–Crippen LogP) is 2.21. The Morgan fingerprint density at radius 3 is 2.96 bits per heavy atom. The molecular formula is C16H14N6O. The number of carbonyl (C=O) groups excluding carboxylic acids is 1. The number of pyridine rings is 1. The summed E-state index contributed by atoms with van der Waals surface area (Å²) in [6.07, 6.45) is 5.56. The van der Waals surface area contributed by atoms with Gasteiger partial charge in [-0.05, 0) is 36.8 Å². The minimum atomic E-state index is -0.0293. The summed E-state index contributed by atoms with van der Waals surface area (Å²) in [5, 5.41) is 11.9. The maximum Gasteiger partial charge on any atom is 0.187 e. The number of aromatic amines is 2. The lowest BCUT2D eigenvalue weighted by Crippen LogP contribution is -2.04. The SMILES string of the molecule is Cc1cc(C(=O)Cc2cnc3[nH]c(-n4cccn4)cc3c2)n[nH]1. The molecule has 2 N–H and O–H groups in total. The molecule has 4 aromatic rings. The number of aryl methyl sites for hydroxylation is 1. The zero-order chi connectivity index (χ0) is 15.8. The maximum absolute atomic E-state index is 12.2. The van der Waals surface area contributed by atoms with Crippen molar-refractivity contribution in [2.45, 2.75) is 13.3 Å². The molecule has 0 aliphatic rings. The summed E-state index contributed by atoms with van der Waals surface area (Å²) >= 11 is 0. The molecule has 0 aliphatic heterocycles. The topological polar surface area (TPSA) is 92.2 Å². The third-order valence-electron chi connectivity index (χ3n) is 3.62. The van der Waals surface area contributed by atoms with Gasteiger partial charge in [0, 0.05) is 36.1 Å². The van der Waals surface area contributed by atoms with Gasteiger partial charge in [0.25, 0.3) is 0 Å². The van der Waals surface area contributed by atoms with Gasteiger partial charge in [-0.25, -0.2) is 9.67 Å². The van der Waals surface area contributed by atoms with Crippen LogP contribution >= 0.6 is 0 Å². The molecule has 0 spiro atoms. The first-order valence-electron chi connectivity index (χ1n) is 7.22. The van der Waals surface area contributed by atoms with Gasteiger partial charge in [-0.15, -0.1) is 0 Å². The summed E-state index contributed by atoms with van der Waals surface area (Å²) in [6.45, 7) is 1.87. The summed E-state index contributed by atoms with van der Waals surface area (Å²) in [5.74, 6) is 0.808. The van der Waals surface area contributed by atoms with E-state index in [0.717, 1.165) is 28.1 Å². The quantitative estimate of drug-likeness (QED) is 0.565. The maximum atomic E-state index is 12.2. The van der Waals surface area contributed by atoms with Crippen LogP contribution in [0.2, 0.25) is 0 Å². The standard InChI is InChI=1S/C16H14N6O/c1-10-5-13(21-20-10)14(23)7-11-6-12-8-15(19-16(12)17-9-11)22-4-2-3-18-22/h2-6,8-9H,7H2,1H3,(H,17,19)(H,20,21). The van der Waals surface area contributed by atoms with E-state index in [0.29, 0.717) is 5.69 Å². The zero-order valence-electron chi connectivity index (χ0n) is 12.4. The van der Waals surface area contributed by atoms with Crippen molar-refractivity contribution in [2.24, 2.45) is 0 Å². The second kappa shape index (κ2) is 5.20. The molecule has 0 bridgehead atoms. The molecule has 0 aliphatic carbocycles. The average molecular weight is 306 g/mol. The normalized spacial score (nSPS) is 11.2. The number of carbonyl (C=O) groups is 1. The van der Waals surface area contributed by atoms with Crippen molar-refractivity contribution < 1.29 is 4.79 Å². The van der Waals surface area contributed by atoms with Gasteiger partial charge in [0.1, 0.15) is 17.2 Å². The van der Waals surface area contributed by atoms with Crippen molar-refractivity contribution in [3.05, 3.63) is 59.8 Å². The molecule has 4 rings (SSSR count). The van der Waals surface area contributed by atoms with Crippen LogP contribution in [0.1, 0.15) is 21.7 Å². The van der Waals surface area contributed by atoms with E-state index in [2.05, 4.69) is 25.3 Å². The number of H-pyrrole nitrogens is 2. The molecule has 0 unspecified atom stereocenters. The number of rotatable bonds is 4. The molecule has 0 saturated heterocycles. The lowest BCUT2D eigenvalue weighted by atomic mass is 10.1. The fourth-order valence-corrected chi connectivity index (χ4v) is 2.51. The summed E-state index contributed by atoms with van der Waals surface area (Å²) in [6, 6.07) is 7.53. The van der Waals surface area contributed by atoms with E-state index >= 15 is 0 Å². The van der Waals surface area contributed by atoms with Gasteiger partial charge in [-0.1, -0.05) is 0 Å². The van der Waals surface area contributed by atoms with Gasteiger partial charge in [0.2, 0.25) is 0 Å². The molecular weight excluding hydrogens is 292 g/mol. The van der Waals surface area contributed by atoms with Crippen molar-refractivity contribution >= 4 is 16.8 Å². The molecule has 7 heteroatoms. The largest absolute Gasteiger partial charge is 0.324 e. The van der Waals surface area contributed by atoms with E-state index in [1.165, 1.54) is 0 Å². The summed E-state index contributed by atoms with van der Waals surface area (Å²) in [5.41, 5.74) is 2.95. The van der Waals surface area contributed by atoms with Crippen LogP contribution in [-0.4, -0.2) is 35.7 Å². The van der Waals surface area contributed by atoms with Crippen molar-refractivity contribution in [1.29, 1.82) is 0 Å². The Labute approximate surface area is 131 Å². The highest BCUT2D eigenvalue weighted by molar-refractivity contribution is 5.96. The van der Waals surface area contributed by atoms with E-state index in [9.17, 15) is 4.79 Å². The number of hydrogen-bond donors (Lipinski definition) is 2. The summed E-state index contributed by atoms with van der Waals surface area (Å²) < 4.78 is 1.74. The van der Waals surface area contributed by atoms with Crippen molar-refractivity contribution in [3.63, 3.8) is 0 Å². The van der Waals surface area contributed by atoms with E-state index < -0.39 is 0 Å². The molecule has 4 aromatic heterocycles. The number of nitrogens with zero attached hydrogens (tertiary/aromatic N) is 4. The Balaban J connectivity index is 1.62. The Morgan fingerprint density at radius 2 is 2.22 bits per heavy atom. The second-order valence-electron chi connectivity index (χ2n) is 5.42. The van der Waals surface area contributed by atoms with E-state index in [-0.39, 0.29) is 12.2 Å². The van der Waals surface area contributed by atoms with Crippen LogP contribution in [0, 0.1) is 6.92 Å². The smallest absolute Gasteiger partial charge is 0.187 e. The van der Waals surface area contributed by atoms with Crippen molar-refractivity contribution in [2.75, 3.05) is 0 Å². The second-order valence-corrected chi connectivity index (χ2v) is 5.42. The number of fused-ring (bicyclic) bond motifs is 1. The molecule has 0 saturated carbocycles. The van der Waals surface area contributed by atoms with Gasteiger partial charge < -0.3 is 4.98 Å². The number of Topliss-reactive ketones (excluding diaryl/α,β-unsaturated/α-hetero) is 1. The van der Waals surface area contributed by atoms with E-state index in [1.54, 1.807) is 23.1 Å². The molecule has 23 heavy (non-hydrogen) atoms. The van der Waals surface area contributed by atoms with Crippen LogP contribution in [0.4, 0.5) is 0 Å². The van der Waals surface area contributed by atoms with Crippen LogP contribution in [0.3, 0.4) is 0 Å². The fourth-order valence-electron chi connectivity index (χ4n) is 2.51. The first-order chi connectivity index (χ1) is 11.2. The monoisotopic (exact) mass is 306 g/mol. The Kier molecular flexibility index (Phi) is 3.04. The van der Waals surface area contributed by atoms with Gasteiger partial charge >= 0.3 is 0 Å². The molecule has 4 heterocycles. The molecule has 0 radical (unpaired) electrons. The van der Waals surface area contributed by atoms with Crippen LogP contribution in [0.15, 0.2) is 42.9 Å². The summed E-state index contributed by atoms with van der Waals surface area (Å²) in [4.78, 5) is 19.8. The van der Waals surface area contributed by atoms with E-state index in [4.69, 9.17) is 0 Å². The Hall–Kier alpha value is -3.22. The molecule has 114 valence electrons. The van der Waals surface area contributed by atoms with Gasteiger partial charge in [-0.3, -0.25) is 9.89 Å². The number of aromatic nitrogens is 6. The summed E-state index contributed by atoms with van der Waals surface area (Å²) in [7, 11) is 0. The third-order valence-corrected chi connectivity index (χ3v) is 3.62. The minimum absolute atomic E-state index is 0.0293. The van der Waals surface area contributed by atoms with Gasteiger partial charge in [-0.2, -0.15) is 10.2 Å². The lowest BCUT2D eigenvalue weighted by Gasteiger charge is -1.98. The van der Waals surface area contributed by atoms with Crippen molar-refractivity contribution in [3.8, 4) is 5.82 Å². The zero-order valence-corrected chi connectivity index (χ0v) is 12.4. The van der Waals surface area contributed by atoms with E-state index in [1.807, 2.05) is 31.3 Å². The van der Waals surface area contributed by atoms with Crippen LogP contribution in [0.25, 0.3) is 16.9 Å². The molecule has 0 amide bonds. The molecule has 0 aromatic carbocycles. The third kappa shape index (κ3) is 2.52. The highest BCUT2D eigenvalue weighted by Crippen LogP contribution is 2.18. The highest BCUT2D eigenvalue weighted by Gasteiger charge is 2.12. The van der Waals surface area contributed by atoms with Gasteiger partial charge in [0.15, 0.2) is 5.78 Å². The first-order valence-corrected chi connectivity index (χ1v) is 7.22. The minimum Gasteiger partial charge on any atom is -0.324 e. The fraction of sp³-hybridized carbons (Fsp3) is 0.125. The predicted molar refractivity (Wildman–Crippen MR) is 84.6 cm³/mol. The highest BCUT2D eigenvalue weighted by atomic mass is 16.1. The Morgan fingerprint density at radius 1 is 1.30 bits per heavy atom. The van der Waals surface area contributed by atoms with Crippen LogP contribution in [0.5, 0.6) is 0 Å². The number of nitrogens with one attached hydrogen (secondary N) is 2. The average Bonchev–Trinajstić information content (AvgIpc) is 3.26. The lowest BCUT2D eigenvalue weighted by molar-refractivity contribution is 0.0988. The molecule has 7 nitrogen and oxygen atoms in total. The number of hydrogen-bond acceptors (Lipinski definition) is 4. The van der Waals surface area contributed by atoms with Gasteiger partial charge in [0.05, 0.1) is 0 Å². The van der Waals surface area contributed by atoms with Crippen LogP contribution < -0.4 is 0 Å². The first kappa shape index (κ1) is 13.4. The van der Waals surface area contributed by atoms with Crippen LogP contribution in [-0.2, 0) is 6.42 Å². The number of ketones is 1. The Bertz CT molecular complexity index is 979. The molecule has 0 fully saturated rings. The molecule has 0 atom stereocenters. The van der Waals surface area contributed by atoms with Crippen molar-refractivity contribution in [1.82, 2.24) is 29.9 Å².